The van der Waals surface area contributed by atoms with Gasteiger partial charge < -0.3 is 0 Å². The Balaban J connectivity index is 0.675. The third-order valence-corrected chi connectivity index (χ3v) is 21.5. The number of hydrogen-bond acceptors (Lipinski definition) is 6. The van der Waals surface area contributed by atoms with Gasteiger partial charge in [0.2, 0.25) is 0 Å². The zero-order chi connectivity index (χ0) is 62.6. The van der Waals surface area contributed by atoms with E-state index in [1.165, 1.54) is 75.8 Å². The molecule has 19 rings (SSSR count). The Hall–Kier alpha value is -11.6. The lowest BCUT2D eigenvalue weighted by atomic mass is 9.37. The van der Waals surface area contributed by atoms with Crippen LogP contribution in [0.4, 0.5) is 0 Å². The summed E-state index contributed by atoms with van der Waals surface area (Å²) in [4.78, 5) is 31.0. The molecule has 2 bridgehead atoms. The zero-order valence-electron chi connectivity index (χ0n) is 52.2. The number of rotatable bonds is 11. The van der Waals surface area contributed by atoms with Crippen molar-refractivity contribution in [2.75, 3.05) is 0 Å². The molecule has 13 aromatic carbocycles. The summed E-state index contributed by atoms with van der Waals surface area (Å²) >= 11 is 0. The Kier molecular flexibility index (Phi) is 12.9. The van der Waals surface area contributed by atoms with E-state index in [-0.39, 0.29) is 0 Å². The highest BCUT2D eigenvalue weighted by molar-refractivity contribution is 5.97. The second kappa shape index (κ2) is 22.3. The Labute approximate surface area is 552 Å². The van der Waals surface area contributed by atoms with Crippen molar-refractivity contribution in [1.29, 1.82) is 0 Å². The molecule has 4 aliphatic carbocycles. The molecule has 2 aromatic heterocycles. The van der Waals surface area contributed by atoms with Gasteiger partial charge in [0.05, 0.1) is 0 Å². The van der Waals surface area contributed by atoms with Crippen molar-refractivity contribution >= 4 is 21.5 Å². The fraction of sp³-hybridized carbons (Fsp3) is 0.101. The lowest BCUT2D eigenvalue weighted by Gasteiger charge is -2.67. The standard InChI is InChI=1S/C89H62N6/c1-3-21-57(22-4-1)83-90-85(94-87(92-83)78-41-16-25-55-19-7-9-37-73(55)78)68-35-14-32-64(48-68)61-29-11-27-59(45-61)60-28-12-30-62(46-60)66-43-44-77-80(51-66)82-75(39-18-40-76(82)70-50-71-52-72-53-81(77)89(71,72)54-70)67-34-13-31-63(47-67)65-33-15-36-69(49-65)86-91-84(58-23-5-2-6-24-58)93-88(95-86)79-42-17-26-56-20-8-10-38-74(56)79/h1-49,51,70-72,81H,50,52-54H2. The molecule has 15 aromatic rings. The smallest absolute Gasteiger partial charge is 0.164 e. The van der Waals surface area contributed by atoms with Crippen molar-refractivity contribution in [2.24, 2.45) is 17.3 Å². The van der Waals surface area contributed by atoms with Gasteiger partial charge in [-0.05, 0) is 191 Å². The number of benzene rings is 13. The van der Waals surface area contributed by atoms with Crippen molar-refractivity contribution in [3.05, 3.63) is 314 Å². The highest BCUT2D eigenvalue weighted by Gasteiger charge is 2.70. The Bertz CT molecular complexity index is 5550. The molecule has 5 atom stereocenters. The normalized spacial score (nSPS) is 18.0. The summed E-state index contributed by atoms with van der Waals surface area (Å²) in [5, 5.41) is 4.50. The molecule has 3 saturated carbocycles. The number of hydrogen-bond donors (Lipinski definition) is 0. The van der Waals surface area contributed by atoms with E-state index in [4.69, 9.17) is 29.9 Å². The van der Waals surface area contributed by atoms with E-state index in [1.54, 1.807) is 0 Å². The van der Waals surface area contributed by atoms with Gasteiger partial charge in [0, 0.05) is 33.4 Å². The molecule has 0 aliphatic heterocycles. The third kappa shape index (κ3) is 9.37. The first-order valence-corrected chi connectivity index (χ1v) is 33.4. The van der Waals surface area contributed by atoms with Gasteiger partial charge in [0.25, 0.3) is 0 Å². The van der Waals surface area contributed by atoms with Crippen LogP contribution in [0.3, 0.4) is 0 Å². The van der Waals surface area contributed by atoms with Crippen molar-refractivity contribution in [3.63, 3.8) is 0 Å². The molecule has 0 amide bonds. The summed E-state index contributed by atoms with van der Waals surface area (Å²) < 4.78 is 0. The molecule has 448 valence electrons. The van der Waals surface area contributed by atoms with E-state index < -0.39 is 0 Å². The summed E-state index contributed by atoms with van der Waals surface area (Å²) in [7, 11) is 0. The highest BCUT2D eigenvalue weighted by atomic mass is 15.0. The van der Waals surface area contributed by atoms with Gasteiger partial charge in [0.15, 0.2) is 34.9 Å². The molecular formula is C89H62N6. The predicted molar refractivity (Wildman–Crippen MR) is 387 cm³/mol. The van der Waals surface area contributed by atoms with Crippen LogP contribution in [0.2, 0.25) is 0 Å². The molecule has 0 saturated heterocycles. The van der Waals surface area contributed by atoms with Gasteiger partial charge in [-0.1, -0.05) is 267 Å². The molecule has 6 nitrogen and oxygen atoms in total. The molecule has 1 spiro atoms. The van der Waals surface area contributed by atoms with Crippen LogP contribution in [0.25, 0.3) is 157 Å². The maximum absolute atomic E-state index is 5.25. The van der Waals surface area contributed by atoms with Crippen LogP contribution < -0.4 is 0 Å². The summed E-state index contributed by atoms with van der Waals surface area (Å²) in [6.45, 7) is 0. The Morgan fingerprint density at radius 3 is 1.13 bits per heavy atom. The van der Waals surface area contributed by atoms with Crippen LogP contribution >= 0.6 is 0 Å². The topological polar surface area (TPSA) is 77.3 Å². The minimum atomic E-state index is 0.427. The van der Waals surface area contributed by atoms with Crippen molar-refractivity contribution in [1.82, 2.24) is 29.9 Å². The van der Waals surface area contributed by atoms with E-state index >= 15 is 0 Å². The Morgan fingerprint density at radius 1 is 0.242 bits per heavy atom. The fourth-order valence-corrected chi connectivity index (χ4v) is 17.0. The molecule has 95 heavy (non-hydrogen) atoms. The van der Waals surface area contributed by atoms with Crippen LogP contribution in [-0.4, -0.2) is 29.9 Å². The summed E-state index contributed by atoms with van der Waals surface area (Å²) in [5.74, 6) is 6.62. The minimum absolute atomic E-state index is 0.427. The fourth-order valence-electron chi connectivity index (χ4n) is 17.0. The summed E-state index contributed by atoms with van der Waals surface area (Å²) in [6, 6.07) is 109. The summed E-state index contributed by atoms with van der Waals surface area (Å²) in [6.07, 6.45) is 5.27. The van der Waals surface area contributed by atoms with E-state index in [1.807, 2.05) is 36.4 Å². The number of nitrogens with zero attached hydrogens (tertiary/aromatic N) is 6. The van der Waals surface area contributed by atoms with Crippen LogP contribution in [-0.2, 0) is 0 Å². The first-order chi connectivity index (χ1) is 47.0. The maximum atomic E-state index is 5.25. The minimum Gasteiger partial charge on any atom is -0.208 e. The molecule has 5 unspecified atom stereocenters. The second-order valence-corrected chi connectivity index (χ2v) is 26.5. The lowest BCUT2D eigenvalue weighted by Crippen LogP contribution is -2.58. The Morgan fingerprint density at radius 2 is 0.611 bits per heavy atom. The van der Waals surface area contributed by atoms with Gasteiger partial charge in [-0.2, -0.15) is 0 Å². The SMILES string of the molecule is c1ccc(-c2nc(-c3cccc(-c4cccc(-c5cccc(-c6ccc7c(c6)-c6c(-c8cccc(-c9cccc(-c%10nc(-c%11ccccc%11)nc(-c%11cccc%12ccccc%11%12)n%10)c9)c8)cccc6C6CC8CC9CC7C89C6)c5)c4)c3)nc(-c3cccc4ccccc34)n2)cc1. The van der Waals surface area contributed by atoms with Crippen molar-refractivity contribution in [3.8, 4) is 135 Å². The van der Waals surface area contributed by atoms with E-state index in [2.05, 4.69) is 267 Å². The van der Waals surface area contributed by atoms with Gasteiger partial charge in [-0.25, -0.2) is 29.9 Å². The van der Waals surface area contributed by atoms with E-state index in [9.17, 15) is 0 Å². The van der Waals surface area contributed by atoms with Crippen molar-refractivity contribution in [2.45, 2.75) is 37.5 Å². The molecule has 3 fully saturated rings. The second-order valence-electron chi connectivity index (χ2n) is 26.5. The van der Waals surface area contributed by atoms with Crippen LogP contribution in [0.15, 0.2) is 303 Å². The maximum Gasteiger partial charge on any atom is 0.164 e. The van der Waals surface area contributed by atoms with Crippen LogP contribution in [0.1, 0.15) is 48.6 Å². The predicted octanol–water partition coefficient (Wildman–Crippen LogP) is 22.4. The first kappa shape index (κ1) is 55.1. The number of aromatic nitrogens is 6. The molecule has 4 aliphatic rings. The molecule has 0 radical (unpaired) electrons. The molecule has 6 heteroatoms. The monoisotopic (exact) mass is 1210 g/mol. The van der Waals surface area contributed by atoms with Crippen LogP contribution in [0.5, 0.6) is 0 Å². The van der Waals surface area contributed by atoms with Gasteiger partial charge >= 0.3 is 0 Å². The van der Waals surface area contributed by atoms with Gasteiger partial charge in [-0.15, -0.1) is 0 Å². The van der Waals surface area contributed by atoms with Gasteiger partial charge in [0.1, 0.15) is 0 Å². The third-order valence-electron chi connectivity index (χ3n) is 21.5. The quantitative estimate of drug-likeness (QED) is 0.128. The highest BCUT2D eigenvalue weighted by Crippen LogP contribution is 2.80. The molecule has 0 N–H and O–H groups in total. The van der Waals surface area contributed by atoms with E-state index in [0.717, 1.165) is 94.6 Å². The molecule has 2 heterocycles. The van der Waals surface area contributed by atoms with Gasteiger partial charge in [-0.3, -0.25) is 0 Å². The summed E-state index contributed by atoms with van der Waals surface area (Å²) in [5.41, 5.74) is 23.8. The van der Waals surface area contributed by atoms with E-state index in [0.29, 0.717) is 52.2 Å². The van der Waals surface area contributed by atoms with Crippen molar-refractivity contribution < 1.29 is 0 Å². The molecular weight excluding hydrogens is 1150 g/mol. The average Bonchev–Trinajstić information content (AvgIpc) is 1.57. The first-order valence-electron chi connectivity index (χ1n) is 33.4. The number of fused-ring (bicyclic) bond motifs is 8. The average molecular weight is 1220 g/mol. The largest absolute Gasteiger partial charge is 0.208 e. The zero-order valence-corrected chi connectivity index (χ0v) is 52.2. The van der Waals surface area contributed by atoms with Crippen LogP contribution in [0, 0.1) is 17.3 Å². The lowest BCUT2D eigenvalue weighted by molar-refractivity contribution is -0.144.